The monoisotopic (exact) mass is 298 g/mol. The highest BCUT2D eigenvalue weighted by Gasteiger charge is 2.25. The van der Waals surface area contributed by atoms with Gasteiger partial charge in [-0.05, 0) is 0 Å². The number of methoxy groups -OCH3 is 4. The summed E-state index contributed by atoms with van der Waals surface area (Å²) in [4.78, 5) is 47.9. The largest absolute Gasteiger partial charge is 0.466 e. The van der Waals surface area contributed by atoms with Crippen LogP contribution >= 0.6 is 0 Å². The number of carbonyl (C=O) groups is 4. The molecule has 0 N–H and O–H groups in total. The molecule has 0 atom stereocenters. The van der Waals surface area contributed by atoms with Gasteiger partial charge in [-0.2, -0.15) is 0 Å². The van der Waals surface area contributed by atoms with Crippen LogP contribution < -0.4 is 0 Å². The van der Waals surface area contributed by atoms with Gasteiger partial charge in [0, 0.05) is 12.2 Å². The van der Waals surface area contributed by atoms with Crippen LogP contribution in [0.1, 0.15) is 16.4 Å². The van der Waals surface area contributed by atoms with E-state index in [4.69, 9.17) is 16.4 Å². The lowest BCUT2D eigenvalue weighted by Gasteiger charge is -2.08. The van der Waals surface area contributed by atoms with Crippen molar-refractivity contribution in [3.8, 4) is 0 Å². The first-order chi connectivity index (χ1) is 14.0. The molecule has 0 saturated carbocycles. The second-order valence-electron chi connectivity index (χ2n) is 2.74. The van der Waals surface area contributed by atoms with Crippen LogP contribution in [0.2, 0.25) is 0 Å². The molecule has 0 aliphatic carbocycles. The summed E-state index contributed by atoms with van der Waals surface area (Å²) in [7, 11) is -13.8. The zero-order valence-electron chi connectivity index (χ0n) is 21.4. The van der Waals surface area contributed by atoms with Gasteiger partial charge in [-0.25, -0.2) is 19.2 Å². The highest BCUT2D eigenvalue weighted by Crippen LogP contribution is 2.14. The molecular weight excluding hydrogens is 272 g/mol. The predicted molar refractivity (Wildman–Crippen MR) is 64.2 cm³/mol. The summed E-state index contributed by atoms with van der Waals surface area (Å²) < 4.78 is 98.0. The lowest BCUT2D eigenvalue weighted by atomic mass is 10.1. The van der Waals surface area contributed by atoms with Crippen molar-refractivity contribution < 1.29 is 54.6 Å². The van der Waals surface area contributed by atoms with Gasteiger partial charge in [0.2, 0.25) is 0 Å². The minimum atomic E-state index is -3.50. The maximum absolute atomic E-state index is 12.2. The van der Waals surface area contributed by atoms with Crippen molar-refractivity contribution >= 4 is 23.9 Å². The van der Waals surface area contributed by atoms with Gasteiger partial charge < -0.3 is 18.9 Å². The fourth-order valence-electron chi connectivity index (χ4n) is 0.898. The molecule has 0 aliphatic rings. The quantitative estimate of drug-likeness (QED) is 0.290. The van der Waals surface area contributed by atoms with Gasteiger partial charge in [0.25, 0.3) is 0 Å². The van der Waals surface area contributed by atoms with Gasteiger partial charge in [-0.15, -0.1) is 0 Å². The van der Waals surface area contributed by atoms with Gasteiger partial charge in [-0.3, -0.25) is 0 Å². The van der Waals surface area contributed by atoms with Crippen molar-refractivity contribution in [3.63, 3.8) is 0 Å². The Hall–Kier alpha value is -2.64. The fourth-order valence-corrected chi connectivity index (χ4v) is 0.898. The number of esters is 4. The molecule has 0 radical (unpaired) electrons. The molecular formula is C12H14O8. The Labute approximate surface area is 131 Å². The Morgan fingerprint density at radius 3 is 1.35 bits per heavy atom. The maximum Gasteiger partial charge on any atom is 0.339 e. The molecule has 0 spiro atoms. The maximum atomic E-state index is 12.2. The second-order valence-corrected chi connectivity index (χ2v) is 2.74. The number of ether oxygens (including phenoxy) is 4. The van der Waals surface area contributed by atoms with Gasteiger partial charge in [0.05, 0.1) is 55.7 Å². The minimum Gasteiger partial charge on any atom is -0.466 e. The first-order valence-electron chi connectivity index (χ1n) is 10.4. The molecule has 0 heterocycles. The van der Waals surface area contributed by atoms with Crippen molar-refractivity contribution in [1.29, 1.82) is 0 Å². The molecule has 0 aliphatic heterocycles. The van der Waals surface area contributed by atoms with Crippen molar-refractivity contribution in [2.24, 2.45) is 0 Å². The Morgan fingerprint density at radius 1 is 0.700 bits per heavy atom. The van der Waals surface area contributed by atoms with E-state index in [1.54, 1.807) is 0 Å². The second kappa shape index (κ2) is 8.46. The normalized spacial score (nSPS) is 22.8. The van der Waals surface area contributed by atoms with Crippen LogP contribution in [-0.2, 0) is 38.1 Å². The number of carbonyl (C=O) groups excluding carboxylic acids is 4. The van der Waals surface area contributed by atoms with Crippen molar-refractivity contribution in [2.75, 3.05) is 28.2 Å². The summed E-state index contributed by atoms with van der Waals surface area (Å²) in [5.41, 5.74) is -3.04. The third kappa shape index (κ3) is 4.92. The SMILES string of the molecule is [2H]C([2H])([2H])OC(=O)/C=C(C(=O)OC([2H])([2H])[2H])/C(=C/C(=O)OC([2H])([2H])[2H])C(=O)OC([2H])([2H])[2H]. The van der Waals surface area contributed by atoms with Crippen LogP contribution in [0.3, 0.4) is 0 Å². The average molecular weight is 298 g/mol. The van der Waals surface area contributed by atoms with Crippen LogP contribution in [0, 0.1) is 0 Å². The first-order valence-corrected chi connectivity index (χ1v) is 4.35. The van der Waals surface area contributed by atoms with Crippen LogP contribution in [0.25, 0.3) is 0 Å². The van der Waals surface area contributed by atoms with E-state index in [2.05, 4.69) is 18.9 Å². The zero-order chi connectivity index (χ0) is 25.7. The lowest BCUT2D eigenvalue weighted by Crippen LogP contribution is -2.18. The fraction of sp³-hybridized carbons (Fsp3) is 0.333. The molecule has 0 aromatic rings. The van der Waals surface area contributed by atoms with E-state index in [-0.39, 0.29) is 12.2 Å². The lowest BCUT2D eigenvalue weighted by molar-refractivity contribution is -0.140. The van der Waals surface area contributed by atoms with E-state index in [0.717, 1.165) is 0 Å². The number of hydrogen-bond donors (Lipinski definition) is 0. The molecule has 0 aromatic heterocycles. The summed E-state index contributed by atoms with van der Waals surface area (Å²) in [6, 6.07) is 0. The van der Waals surface area contributed by atoms with Gasteiger partial charge in [0.1, 0.15) is 0 Å². The Balaban J connectivity index is 6.65. The summed E-state index contributed by atoms with van der Waals surface area (Å²) in [5.74, 6) is -7.91. The first kappa shape index (κ1) is 5.78. The number of hydrogen-bond acceptors (Lipinski definition) is 8. The van der Waals surface area contributed by atoms with Gasteiger partial charge in [0.15, 0.2) is 0 Å². The molecule has 8 nitrogen and oxygen atoms in total. The van der Waals surface area contributed by atoms with Crippen LogP contribution in [0.5, 0.6) is 0 Å². The Morgan fingerprint density at radius 2 is 1.05 bits per heavy atom. The standard InChI is InChI=1S/C12H14O8/c1-17-9(13)5-7(11(15)19-3)8(12(16)20-4)6-10(14)18-2/h5-6H,1-4H3/b7-5-,8-6-/i1D3,2D3,3D3,4D3. The summed E-state index contributed by atoms with van der Waals surface area (Å²) >= 11 is 0. The minimum absolute atomic E-state index is 0.115. The summed E-state index contributed by atoms with van der Waals surface area (Å²) in [6.07, 6.45) is -0.231. The van der Waals surface area contributed by atoms with Crippen molar-refractivity contribution in [1.82, 2.24) is 0 Å². The summed E-state index contributed by atoms with van der Waals surface area (Å²) in [6.45, 7) is 0. The molecule has 0 bridgehead atoms. The number of rotatable bonds is 5. The highest BCUT2D eigenvalue weighted by atomic mass is 16.5. The molecule has 0 unspecified atom stereocenters. The zero-order valence-corrected chi connectivity index (χ0v) is 9.42. The third-order valence-electron chi connectivity index (χ3n) is 1.64. The van der Waals surface area contributed by atoms with Crippen LogP contribution in [0.4, 0.5) is 0 Å². The van der Waals surface area contributed by atoms with E-state index < -0.39 is 63.2 Å². The van der Waals surface area contributed by atoms with Crippen molar-refractivity contribution in [2.45, 2.75) is 0 Å². The van der Waals surface area contributed by atoms with E-state index in [9.17, 15) is 19.2 Å². The van der Waals surface area contributed by atoms with E-state index in [1.165, 1.54) is 0 Å². The van der Waals surface area contributed by atoms with Crippen LogP contribution in [-0.4, -0.2) is 52.0 Å². The van der Waals surface area contributed by atoms with Crippen LogP contribution in [0.15, 0.2) is 23.3 Å². The molecule has 8 heteroatoms. The smallest absolute Gasteiger partial charge is 0.339 e. The molecule has 0 rings (SSSR count). The summed E-state index contributed by atoms with van der Waals surface area (Å²) in [5, 5.41) is 0. The molecule has 0 saturated heterocycles. The third-order valence-corrected chi connectivity index (χ3v) is 1.64. The Kier molecular flexibility index (Phi) is 2.44. The molecule has 0 fully saturated rings. The van der Waals surface area contributed by atoms with Crippen molar-refractivity contribution in [3.05, 3.63) is 23.3 Å². The highest BCUT2D eigenvalue weighted by molar-refractivity contribution is 6.12. The molecule has 0 amide bonds. The molecule has 110 valence electrons. The van der Waals surface area contributed by atoms with E-state index >= 15 is 0 Å². The van der Waals surface area contributed by atoms with E-state index in [1.807, 2.05) is 0 Å². The van der Waals surface area contributed by atoms with Gasteiger partial charge >= 0.3 is 23.9 Å². The molecule has 20 heavy (non-hydrogen) atoms. The molecule has 0 aromatic carbocycles. The average Bonchev–Trinajstić information content (AvgIpc) is 2.43. The Bertz CT molecular complexity index is 744. The van der Waals surface area contributed by atoms with E-state index in [0.29, 0.717) is 0 Å². The van der Waals surface area contributed by atoms with Gasteiger partial charge in [-0.1, -0.05) is 0 Å². The topological polar surface area (TPSA) is 105 Å². The predicted octanol–water partition coefficient (Wildman–Crippen LogP) is -0.469.